The van der Waals surface area contributed by atoms with Gasteiger partial charge in [-0.05, 0) is 24.3 Å². The molecule has 0 aliphatic carbocycles. The molecule has 0 aliphatic heterocycles. The van der Waals surface area contributed by atoms with Crippen molar-refractivity contribution < 1.29 is 19.0 Å². The Morgan fingerprint density at radius 3 is 2.12 bits per heavy atom. The fourth-order valence-corrected chi connectivity index (χ4v) is 2.01. The van der Waals surface area contributed by atoms with E-state index in [4.69, 9.17) is 19.9 Å². The molecule has 3 N–H and O–H groups in total. The van der Waals surface area contributed by atoms with Crippen molar-refractivity contribution in [3.63, 3.8) is 0 Å². The SMILES string of the molecule is COc1cc(OC)c(/C=N/NC(=O)c2ccc(N)cc2)c(OC)c1. The van der Waals surface area contributed by atoms with Crippen LogP contribution in [0, 0.1) is 0 Å². The average molecular weight is 329 g/mol. The molecular formula is C17H19N3O4. The van der Waals surface area contributed by atoms with Gasteiger partial charge in [-0.1, -0.05) is 0 Å². The Kier molecular flexibility index (Phi) is 5.62. The van der Waals surface area contributed by atoms with Crippen LogP contribution in [0.3, 0.4) is 0 Å². The molecule has 2 rings (SSSR count). The van der Waals surface area contributed by atoms with Gasteiger partial charge in [-0.3, -0.25) is 4.79 Å². The molecule has 126 valence electrons. The van der Waals surface area contributed by atoms with E-state index < -0.39 is 0 Å². The zero-order chi connectivity index (χ0) is 17.5. The number of benzene rings is 2. The summed E-state index contributed by atoms with van der Waals surface area (Å²) in [6.07, 6.45) is 1.45. The molecule has 0 saturated heterocycles. The molecule has 24 heavy (non-hydrogen) atoms. The molecule has 0 unspecified atom stereocenters. The summed E-state index contributed by atoms with van der Waals surface area (Å²) in [6.45, 7) is 0. The van der Waals surface area contributed by atoms with Crippen molar-refractivity contribution in [3.8, 4) is 17.2 Å². The third kappa shape index (κ3) is 3.95. The number of hydrogen-bond donors (Lipinski definition) is 2. The highest BCUT2D eigenvalue weighted by Gasteiger charge is 2.11. The summed E-state index contributed by atoms with van der Waals surface area (Å²) in [4.78, 5) is 12.0. The van der Waals surface area contributed by atoms with Gasteiger partial charge in [0.1, 0.15) is 17.2 Å². The topological polar surface area (TPSA) is 95.2 Å². The smallest absolute Gasteiger partial charge is 0.271 e. The molecule has 0 spiro atoms. The highest BCUT2D eigenvalue weighted by molar-refractivity contribution is 5.95. The number of nitrogens with two attached hydrogens (primary N) is 1. The minimum atomic E-state index is -0.349. The number of methoxy groups -OCH3 is 3. The van der Waals surface area contributed by atoms with Crippen LogP contribution in [0.15, 0.2) is 41.5 Å². The lowest BCUT2D eigenvalue weighted by molar-refractivity contribution is 0.0955. The first kappa shape index (κ1) is 17.1. The van der Waals surface area contributed by atoms with E-state index in [0.29, 0.717) is 34.1 Å². The van der Waals surface area contributed by atoms with Crippen molar-refractivity contribution in [1.82, 2.24) is 5.43 Å². The van der Waals surface area contributed by atoms with E-state index in [2.05, 4.69) is 10.5 Å². The summed E-state index contributed by atoms with van der Waals surface area (Å²) in [5.41, 5.74) is 9.66. The van der Waals surface area contributed by atoms with Crippen molar-refractivity contribution in [2.24, 2.45) is 5.10 Å². The second kappa shape index (κ2) is 7.87. The van der Waals surface area contributed by atoms with Crippen LogP contribution in [0.2, 0.25) is 0 Å². The van der Waals surface area contributed by atoms with E-state index in [1.165, 1.54) is 20.4 Å². The highest BCUT2D eigenvalue weighted by atomic mass is 16.5. The van der Waals surface area contributed by atoms with Gasteiger partial charge in [-0.15, -0.1) is 0 Å². The first-order chi connectivity index (χ1) is 11.6. The Bertz CT molecular complexity index is 717. The zero-order valence-corrected chi connectivity index (χ0v) is 13.7. The van der Waals surface area contributed by atoms with Gasteiger partial charge in [0.2, 0.25) is 0 Å². The lowest BCUT2D eigenvalue weighted by Crippen LogP contribution is -2.17. The number of nitrogens with one attached hydrogen (secondary N) is 1. The molecule has 0 fully saturated rings. The Morgan fingerprint density at radius 1 is 1.04 bits per heavy atom. The molecular weight excluding hydrogens is 310 g/mol. The van der Waals surface area contributed by atoms with E-state index in [9.17, 15) is 4.79 Å². The number of carbonyl (C=O) groups excluding carboxylic acids is 1. The van der Waals surface area contributed by atoms with Gasteiger partial charge in [-0.2, -0.15) is 5.10 Å². The monoisotopic (exact) mass is 329 g/mol. The minimum Gasteiger partial charge on any atom is -0.496 e. The second-order valence-corrected chi connectivity index (χ2v) is 4.77. The molecule has 0 heterocycles. The lowest BCUT2D eigenvalue weighted by atomic mass is 10.2. The van der Waals surface area contributed by atoms with E-state index in [-0.39, 0.29) is 5.91 Å². The van der Waals surface area contributed by atoms with Crippen LogP contribution in [-0.2, 0) is 0 Å². The van der Waals surface area contributed by atoms with Gasteiger partial charge in [0.25, 0.3) is 5.91 Å². The number of rotatable bonds is 6. The number of amides is 1. The fourth-order valence-electron chi connectivity index (χ4n) is 2.01. The van der Waals surface area contributed by atoms with Gasteiger partial charge in [0.15, 0.2) is 0 Å². The first-order valence-electron chi connectivity index (χ1n) is 7.08. The molecule has 0 aromatic heterocycles. The van der Waals surface area contributed by atoms with Gasteiger partial charge < -0.3 is 19.9 Å². The fraction of sp³-hybridized carbons (Fsp3) is 0.176. The third-order valence-corrected chi connectivity index (χ3v) is 3.29. The molecule has 0 atom stereocenters. The largest absolute Gasteiger partial charge is 0.496 e. The second-order valence-electron chi connectivity index (χ2n) is 4.77. The van der Waals surface area contributed by atoms with Gasteiger partial charge >= 0.3 is 0 Å². The van der Waals surface area contributed by atoms with Crippen molar-refractivity contribution >= 4 is 17.8 Å². The Morgan fingerprint density at radius 2 is 1.62 bits per heavy atom. The van der Waals surface area contributed by atoms with Crippen molar-refractivity contribution in [2.45, 2.75) is 0 Å². The molecule has 7 nitrogen and oxygen atoms in total. The minimum absolute atomic E-state index is 0.349. The van der Waals surface area contributed by atoms with Gasteiger partial charge in [-0.25, -0.2) is 5.43 Å². The van der Waals surface area contributed by atoms with E-state index in [1.807, 2.05) is 0 Å². The Labute approximate surface area is 140 Å². The standard InChI is InChI=1S/C17H19N3O4/c1-22-13-8-15(23-2)14(16(9-13)24-3)10-19-20-17(21)11-4-6-12(18)7-5-11/h4-10H,18H2,1-3H3,(H,20,21)/b19-10+. The maximum Gasteiger partial charge on any atom is 0.271 e. The molecule has 2 aromatic carbocycles. The summed E-state index contributed by atoms with van der Waals surface area (Å²) >= 11 is 0. The lowest BCUT2D eigenvalue weighted by Gasteiger charge is -2.12. The van der Waals surface area contributed by atoms with Crippen molar-refractivity contribution in [1.29, 1.82) is 0 Å². The van der Waals surface area contributed by atoms with Crippen LogP contribution in [0.25, 0.3) is 0 Å². The maximum atomic E-state index is 12.0. The number of carbonyl (C=O) groups is 1. The van der Waals surface area contributed by atoms with Crippen LogP contribution in [0.4, 0.5) is 5.69 Å². The van der Waals surface area contributed by atoms with Crippen molar-refractivity contribution in [2.75, 3.05) is 27.1 Å². The van der Waals surface area contributed by atoms with Crippen molar-refractivity contribution in [3.05, 3.63) is 47.5 Å². The summed E-state index contributed by atoms with van der Waals surface area (Å²) in [7, 11) is 4.60. The predicted molar refractivity (Wildman–Crippen MR) is 92.0 cm³/mol. The number of hydrogen-bond acceptors (Lipinski definition) is 6. The summed E-state index contributed by atoms with van der Waals surface area (Å²) < 4.78 is 15.8. The predicted octanol–water partition coefficient (Wildman–Crippen LogP) is 2.06. The first-order valence-corrected chi connectivity index (χ1v) is 7.08. The summed E-state index contributed by atoms with van der Waals surface area (Å²) in [5, 5.41) is 3.96. The number of hydrazone groups is 1. The Balaban J connectivity index is 2.19. The molecule has 2 aromatic rings. The molecule has 0 bridgehead atoms. The zero-order valence-electron chi connectivity index (χ0n) is 13.7. The van der Waals surface area contributed by atoms with E-state index in [1.54, 1.807) is 43.5 Å². The number of anilines is 1. The molecule has 1 amide bonds. The highest BCUT2D eigenvalue weighted by Crippen LogP contribution is 2.32. The summed E-state index contributed by atoms with van der Waals surface area (Å²) in [6, 6.07) is 9.93. The number of ether oxygens (including phenoxy) is 3. The summed E-state index contributed by atoms with van der Waals surface area (Å²) in [5.74, 6) is 1.26. The molecule has 0 radical (unpaired) electrons. The van der Waals surface area contributed by atoms with E-state index >= 15 is 0 Å². The average Bonchev–Trinajstić information content (AvgIpc) is 2.61. The number of nitrogens with zero attached hydrogens (tertiary/aromatic N) is 1. The van der Waals surface area contributed by atoms with Gasteiger partial charge in [0, 0.05) is 23.4 Å². The Hall–Kier alpha value is -3.22. The van der Waals surface area contributed by atoms with Crippen LogP contribution >= 0.6 is 0 Å². The third-order valence-electron chi connectivity index (χ3n) is 3.29. The molecule has 0 saturated carbocycles. The van der Waals surface area contributed by atoms with Crippen LogP contribution in [-0.4, -0.2) is 33.5 Å². The maximum absolute atomic E-state index is 12.0. The van der Waals surface area contributed by atoms with Crippen LogP contribution in [0.5, 0.6) is 17.2 Å². The number of nitrogen functional groups attached to an aromatic ring is 1. The molecule has 7 heteroatoms. The quantitative estimate of drug-likeness (QED) is 0.480. The van der Waals surface area contributed by atoms with E-state index in [0.717, 1.165) is 0 Å². The molecule has 0 aliphatic rings. The van der Waals surface area contributed by atoms with Crippen LogP contribution in [0.1, 0.15) is 15.9 Å². The van der Waals surface area contributed by atoms with Crippen LogP contribution < -0.4 is 25.4 Å². The normalized spacial score (nSPS) is 10.5. The van der Waals surface area contributed by atoms with Gasteiger partial charge in [0.05, 0.1) is 33.1 Å².